The van der Waals surface area contributed by atoms with Gasteiger partial charge in [-0.2, -0.15) is 0 Å². The third-order valence-electron chi connectivity index (χ3n) is 5.05. The molecule has 2 aromatic carbocycles. The summed E-state index contributed by atoms with van der Waals surface area (Å²) < 4.78 is 19.9. The second-order valence-electron chi connectivity index (χ2n) is 7.22. The fourth-order valence-corrected chi connectivity index (χ4v) is 3.54. The predicted octanol–water partition coefficient (Wildman–Crippen LogP) is 2.66. The van der Waals surface area contributed by atoms with Crippen molar-refractivity contribution < 1.29 is 23.8 Å². The van der Waals surface area contributed by atoms with Gasteiger partial charge >= 0.3 is 0 Å². The fraction of sp³-hybridized carbons (Fsp3) is 0.364. The smallest absolute Gasteiger partial charge is 0.260 e. The third-order valence-corrected chi connectivity index (χ3v) is 5.05. The molecule has 0 spiro atoms. The maximum atomic E-state index is 14.3. The van der Waals surface area contributed by atoms with Crippen LogP contribution in [-0.4, -0.2) is 47.6 Å². The highest BCUT2D eigenvalue weighted by molar-refractivity contribution is 5.92. The minimum atomic E-state index is -0.453. The van der Waals surface area contributed by atoms with E-state index in [9.17, 15) is 14.0 Å². The lowest BCUT2D eigenvalue weighted by Gasteiger charge is -2.28. The third kappa shape index (κ3) is 4.92. The topological polar surface area (TPSA) is 70.1 Å². The lowest BCUT2D eigenvalue weighted by atomic mass is 10.1. The van der Waals surface area contributed by atoms with Crippen molar-refractivity contribution in [3.8, 4) is 5.75 Å². The number of anilines is 1. The van der Waals surface area contributed by atoms with Crippen molar-refractivity contribution in [2.75, 3.05) is 24.6 Å². The van der Waals surface area contributed by atoms with Gasteiger partial charge in [0.05, 0.1) is 18.3 Å². The molecule has 0 aromatic heterocycles. The molecule has 7 heteroatoms. The molecule has 1 aliphatic heterocycles. The van der Waals surface area contributed by atoms with Crippen LogP contribution in [0.5, 0.6) is 5.75 Å². The summed E-state index contributed by atoms with van der Waals surface area (Å²) in [7, 11) is 0. The predicted molar refractivity (Wildman–Crippen MR) is 107 cm³/mol. The Labute approximate surface area is 169 Å². The highest BCUT2D eigenvalue weighted by atomic mass is 19.1. The van der Waals surface area contributed by atoms with E-state index < -0.39 is 5.82 Å². The van der Waals surface area contributed by atoms with Gasteiger partial charge in [0.2, 0.25) is 5.91 Å². The minimum absolute atomic E-state index is 0.0530. The Bertz CT molecular complexity index is 885. The van der Waals surface area contributed by atoms with Gasteiger partial charge in [0.25, 0.3) is 5.91 Å². The number of nitrogens with zero attached hydrogens (tertiary/aromatic N) is 2. The van der Waals surface area contributed by atoms with Crippen molar-refractivity contribution in [2.24, 2.45) is 0 Å². The second kappa shape index (κ2) is 9.05. The lowest BCUT2D eigenvalue weighted by Crippen LogP contribution is -2.43. The number of benzene rings is 2. The minimum Gasteiger partial charge on any atom is -0.484 e. The number of aliphatic hydroxyl groups is 1. The van der Waals surface area contributed by atoms with E-state index in [1.165, 1.54) is 17.9 Å². The molecule has 1 N–H and O–H groups in total. The summed E-state index contributed by atoms with van der Waals surface area (Å²) in [5.74, 6) is -0.357. The van der Waals surface area contributed by atoms with Crippen molar-refractivity contribution >= 4 is 17.5 Å². The van der Waals surface area contributed by atoms with Gasteiger partial charge in [-0.3, -0.25) is 9.59 Å². The number of amides is 2. The Morgan fingerprint density at radius 1 is 1.24 bits per heavy atom. The second-order valence-corrected chi connectivity index (χ2v) is 7.22. The van der Waals surface area contributed by atoms with Crippen LogP contribution in [0.3, 0.4) is 0 Å². The van der Waals surface area contributed by atoms with Crippen LogP contribution < -0.4 is 9.64 Å². The molecule has 2 aromatic rings. The van der Waals surface area contributed by atoms with Crippen LogP contribution in [0.1, 0.15) is 24.5 Å². The van der Waals surface area contributed by atoms with E-state index in [2.05, 4.69) is 0 Å². The van der Waals surface area contributed by atoms with Gasteiger partial charge in [0, 0.05) is 20.0 Å². The van der Waals surface area contributed by atoms with Crippen molar-refractivity contribution in [1.29, 1.82) is 0 Å². The highest BCUT2D eigenvalue weighted by Crippen LogP contribution is 2.27. The molecule has 154 valence electrons. The Kier molecular flexibility index (Phi) is 6.49. The number of hydrogen-bond acceptors (Lipinski definition) is 4. The summed E-state index contributed by atoms with van der Waals surface area (Å²) in [6, 6.07) is 11.2. The molecule has 1 aliphatic rings. The molecule has 1 atom stereocenters. The van der Waals surface area contributed by atoms with E-state index in [4.69, 9.17) is 9.84 Å². The summed E-state index contributed by atoms with van der Waals surface area (Å²) in [6.07, 6.45) is 0.573. The number of halogens is 1. The molecule has 6 nitrogen and oxygen atoms in total. The number of aryl methyl sites for hydroxylation is 1. The van der Waals surface area contributed by atoms with E-state index >= 15 is 0 Å². The van der Waals surface area contributed by atoms with E-state index in [-0.39, 0.29) is 36.8 Å². The number of rotatable bonds is 6. The first-order valence-electron chi connectivity index (χ1n) is 9.55. The summed E-state index contributed by atoms with van der Waals surface area (Å²) in [5, 5.41) is 9.06. The molecule has 2 amide bonds. The fourth-order valence-electron chi connectivity index (χ4n) is 3.54. The molecule has 3 rings (SSSR count). The van der Waals surface area contributed by atoms with Crippen LogP contribution >= 0.6 is 0 Å². The Morgan fingerprint density at radius 2 is 1.97 bits per heavy atom. The van der Waals surface area contributed by atoms with Gasteiger partial charge in [-0.15, -0.1) is 0 Å². The molecule has 1 saturated heterocycles. The standard InChI is InChI=1S/C22H25FN2O4/c1-15-3-8-20(23)21(11-15)25(16(2)27)18-9-10-24(12-18)22(28)14-29-19-6-4-17(13-26)5-7-19/h3-8,11,18,26H,9-10,12-14H2,1-2H3. The molecule has 0 bridgehead atoms. The largest absolute Gasteiger partial charge is 0.484 e. The molecule has 0 radical (unpaired) electrons. The van der Waals surface area contributed by atoms with Crippen molar-refractivity contribution in [3.05, 3.63) is 59.4 Å². The van der Waals surface area contributed by atoms with Gasteiger partial charge in [0.1, 0.15) is 11.6 Å². The van der Waals surface area contributed by atoms with E-state index in [0.29, 0.717) is 25.3 Å². The molecular weight excluding hydrogens is 375 g/mol. The van der Waals surface area contributed by atoms with Crippen LogP contribution in [0, 0.1) is 12.7 Å². The monoisotopic (exact) mass is 400 g/mol. The molecule has 29 heavy (non-hydrogen) atoms. The van der Waals surface area contributed by atoms with Crippen molar-refractivity contribution in [2.45, 2.75) is 32.9 Å². The number of carbonyl (C=O) groups is 2. The maximum absolute atomic E-state index is 14.3. The SMILES string of the molecule is CC(=O)N(c1cc(C)ccc1F)C1CCN(C(=O)COc2ccc(CO)cc2)C1. The summed E-state index contributed by atoms with van der Waals surface area (Å²) >= 11 is 0. The first-order chi connectivity index (χ1) is 13.9. The number of ether oxygens (including phenoxy) is 1. The van der Waals surface area contributed by atoms with Crippen LogP contribution in [-0.2, 0) is 16.2 Å². The van der Waals surface area contributed by atoms with Crippen LogP contribution in [0.2, 0.25) is 0 Å². The molecular formula is C22H25FN2O4. The highest BCUT2D eigenvalue weighted by Gasteiger charge is 2.33. The van der Waals surface area contributed by atoms with Crippen LogP contribution in [0.4, 0.5) is 10.1 Å². The molecule has 1 fully saturated rings. The molecule has 0 aliphatic carbocycles. The zero-order chi connectivity index (χ0) is 21.0. The van der Waals surface area contributed by atoms with E-state index in [1.807, 2.05) is 6.92 Å². The average molecular weight is 400 g/mol. The Morgan fingerprint density at radius 3 is 2.62 bits per heavy atom. The first-order valence-corrected chi connectivity index (χ1v) is 9.55. The van der Waals surface area contributed by atoms with E-state index in [1.54, 1.807) is 41.3 Å². The number of likely N-dealkylation sites (tertiary alicyclic amines) is 1. The van der Waals surface area contributed by atoms with Gasteiger partial charge in [-0.25, -0.2) is 4.39 Å². The van der Waals surface area contributed by atoms with Crippen LogP contribution in [0.15, 0.2) is 42.5 Å². The van der Waals surface area contributed by atoms with Crippen molar-refractivity contribution in [1.82, 2.24) is 4.90 Å². The number of hydrogen-bond donors (Lipinski definition) is 1. The Hall–Kier alpha value is -2.93. The number of carbonyl (C=O) groups excluding carboxylic acids is 2. The van der Waals surface area contributed by atoms with Gasteiger partial charge in [0.15, 0.2) is 6.61 Å². The van der Waals surface area contributed by atoms with Gasteiger partial charge < -0.3 is 19.6 Å². The summed E-state index contributed by atoms with van der Waals surface area (Å²) in [4.78, 5) is 27.9. The van der Waals surface area contributed by atoms with Gasteiger partial charge in [-0.1, -0.05) is 18.2 Å². The summed E-state index contributed by atoms with van der Waals surface area (Å²) in [5.41, 5.74) is 1.87. The van der Waals surface area contributed by atoms with Crippen LogP contribution in [0.25, 0.3) is 0 Å². The molecule has 1 heterocycles. The molecule has 0 saturated carbocycles. The quantitative estimate of drug-likeness (QED) is 0.809. The maximum Gasteiger partial charge on any atom is 0.260 e. The zero-order valence-electron chi connectivity index (χ0n) is 16.6. The van der Waals surface area contributed by atoms with Gasteiger partial charge in [-0.05, 0) is 48.7 Å². The van der Waals surface area contributed by atoms with Crippen molar-refractivity contribution in [3.63, 3.8) is 0 Å². The molecule has 1 unspecified atom stereocenters. The van der Waals surface area contributed by atoms with E-state index in [0.717, 1.165) is 11.1 Å². The zero-order valence-corrected chi connectivity index (χ0v) is 16.6. The normalized spacial score (nSPS) is 16.0. The number of aliphatic hydroxyl groups excluding tert-OH is 1. The summed E-state index contributed by atoms with van der Waals surface area (Å²) in [6.45, 7) is 3.89. The Balaban J connectivity index is 1.63. The average Bonchev–Trinajstić information content (AvgIpc) is 3.18. The first kappa shape index (κ1) is 20.8. The lowest BCUT2D eigenvalue weighted by molar-refractivity contribution is -0.132.